The topological polar surface area (TPSA) is 28.3 Å². The number of nitrogens with one attached hydrogen (secondary N) is 1. The average molecular weight is 435 g/mol. The summed E-state index contributed by atoms with van der Waals surface area (Å²) in [5.41, 5.74) is 2.59. The number of alkyl halides is 3. The lowest BCUT2D eigenvalue weighted by Crippen LogP contribution is -2.45. The summed E-state index contributed by atoms with van der Waals surface area (Å²) < 4.78 is 45.4. The van der Waals surface area contributed by atoms with Crippen molar-refractivity contribution < 1.29 is 17.9 Å². The molecule has 0 amide bonds. The van der Waals surface area contributed by atoms with Crippen LogP contribution in [0.5, 0.6) is 0 Å². The molecule has 1 aromatic carbocycles. The van der Waals surface area contributed by atoms with Crippen molar-refractivity contribution in [2.45, 2.75) is 57.5 Å². The Balaban J connectivity index is 1.29. The molecule has 0 saturated carbocycles. The number of aromatic nitrogens is 1. The van der Waals surface area contributed by atoms with Crippen LogP contribution in [0.2, 0.25) is 0 Å². The Morgan fingerprint density at radius 1 is 1.16 bits per heavy atom. The third-order valence-corrected chi connectivity index (χ3v) is 8.13. The quantitative estimate of drug-likeness (QED) is 0.640. The van der Waals surface area contributed by atoms with Crippen LogP contribution in [0.15, 0.2) is 18.2 Å². The fourth-order valence-corrected chi connectivity index (χ4v) is 6.36. The van der Waals surface area contributed by atoms with Crippen LogP contribution in [0.25, 0.3) is 10.9 Å². The van der Waals surface area contributed by atoms with Crippen molar-refractivity contribution in [1.29, 1.82) is 0 Å². The molecular weight excluding hydrogens is 401 g/mol. The number of piperidine rings is 1. The molecule has 2 saturated heterocycles. The van der Waals surface area contributed by atoms with Crippen LogP contribution in [0.1, 0.15) is 61.8 Å². The van der Waals surface area contributed by atoms with Gasteiger partial charge in [0.2, 0.25) is 0 Å². The lowest BCUT2D eigenvalue weighted by atomic mass is 9.68. The number of ether oxygens (including phenoxy) is 1. The fourth-order valence-electron chi connectivity index (χ4n) is 6.36. The van der Waals surface area contributed by atoms with Gasteiger partial charge in [0.25, 0.3) is 0 Å². The van der Waals surface area contributed by atoms with Crippen molar-refractivity contribution in [3.8, 4) is 0 Å². The molecule has 31 heavy (non-hydrogen) atoms. The maximum absolute atomic E-state index is 13.3. The highest BCUT2D eigenvalue weighted by atomic mass is 19.4. The molecular formula is C25H33F3N2O. The van der Waals surface area contributed by atoms with Gasteiger partial charge in [-0.2, -0.15) is 13.2 Å². The highest BCUT2D eigenvalue weighted by Crippen LogP contribution is 2.47. The van der Waals surface area contributed by atoms with Crippen LogP contribution in [0.3, 0.4) is 0 Å². The molecule has 0 unspecified atom stereocenters. The number of rotatable bonds is 4. The Labute approximate surface area is 182 Å². The Morgan fingerprint density at radius 2 is 1.97 bits per heavy atom. The number of fused-ring (bicyclic) bond motifs is 4. The molecule has 0 radical (unpaired) electrons. The molecule has 2 aromatic rings. The first-order valence-electron chi connectivity index (χ1n) is 11.9. The second-order valence-electron chi connectivity index (χ2n) is 9.98. The summed E-state index contributed by atoms with van der Waals surface area (Å²) >= 11 is 0. The zero-order valence-electron chi connectivity index (χ0n) is 18.3. The van der Waals surface area contributed by atoms with Crippen LogP contribution in [0, 0.1) is 17.8 Å². The summed E-state index contributed by atoms with van der Waals surface area (Å²) in [4.78, 5) is 6.06. The Bertz CT molecular complexity index is 915. The van der Waals surface area contributed by atoms with Gasteiger partial charge in [0, 0.05) is 36.4 Å². The van der Waals surface area contributed by atoms with Crippen molar-refractivity contribution in [2.24, 2.45) is 17.8 Å². The van der Waals surface area contributed by atoms with Crippen LogP contribution in [0.4, 0.5) is 13.2 Å². The Morgan fingerprint density at radius 3 is 2.74 bits per heavy atom. The molecule has 1 aromatic heterocycles. The van der Waals surface area contributed by atoms with Crippen LogP contribution >= 0.6 is 0 Å². The Kier molecular flexibility index (Phi) is 5.80. The minimum Gasteiger partial charge on any atom is -0.381 e. The maximum atomic E-state index is 13.3. The van der Waals surface area contributed by atoms with Crippen molar-refractivity contribution >= 4 is 10.9 Å². The van der Waals surface area contributed by atoms with Crippen LogP contribution < -0.4 is 0 Å². The van der Waals surface area contributed by atoms with Crippen molar-refractivity contribution in [3.63, 3.8) is 0 Å². The summed E-state index contributed by atoms with van der Waals surface area (Å²) in [5.74, 6) is 2.25. The number of aromatic amines is 1. The minimum atomic E-state index is -4.30. The molecule has 3 heterocycles. The molecule has 0 bridgehead atoms. The van der Waals surface area contributed by atoms with Crippen molar-refractivity contribution in [1.82, 2.24) is 9.88 Å². The molecule has 1 aliphatic carbocycles. The van der Waals surface area contributed by atoms with Gasteiger partial charge < -0.3 is 14.6 Å². The third kappa shape index (κ3) is 4.25. The van der Waals surface area contributed by atoms with Gasteiger partial charge in [0.15, 0.2) is 0 Å². The van der Waals surface area contributed by atoms with E-state index in [2.05, 4.69) is 16.8 Å². The molecule has 5 rings (SSSR count). The van der Waals surface area contributed by atoms with Gasteiger partial charge in [0.05, 0.1) is 5.56 Å². The number of hydrogen-bond donors (Lipinski definition) is 1. The monoisotopic (exact) mass is 434 g/mol. The molecule has 170 valence electrons. The van der Waals surface area contributed by atoms with Crippen LogP contribution in [-0.4, -0.2) is 42.7 Å². The second kappa shape index (κ2) is 8.43. The molecule has 6 heteroatoms. The lowest BCUT2D eigenvalue weighted by molar-refractivity contribution is -0.137. The summed E-state index contributed by atoms with van der Waals surface area (Å²) in [7, 11) is 0. The zero-order chi connectivity index (χ0) is 21.6. The van der Waals surface area contributed by atoms with E-state index < -0.39 is 11.7 Å². The predicted molar refractivity (Wildman–Crippen MR) is 116 cm³/mol. The van der Waals surface area contributed by atoms with E-state index in [9.17, 15) is 13.2 Å². The number of nitrogens with zero attached hydrogens (tertiary/aromatic N) is 1. The summed E-state index contributed by atoms with van der Waals surface area (Å²) in [6.45, 7) is 7.43. The summed E-state index contributed by atoms with van der Waals surface area (Å²) in [6.07, 6.45) is 2.78. The molecule has 3 atom stereocenters. The maximum Gasteiger partial charge on any atom is 0.416 e. The van der Waals surface area contributed by atoms with Crippen molar-refractivity contribution in [2.75, 3.05) is 32.8 Å². The zero-order valence-corrected chi connectivity index (χ0v) is 18.3. The smallest absolute Gasteiger partial charge is 0.381 e. The SMILES string of the molecule is C[C@@H]1c2c([nH]c3ccc(C(F)(F)F)cc23)C[C@@H]2CCN(CCCC3CCOCC3)C[C@H]21. The highest BCUT2D eigenvalue weighted by Gasteiger charge is 2.40. The van der Waals surface area contributed by atoms with Gasteiger partial charge in [-0.3, -0.25) is 0 Å². The van der Waals surface area contributed by atoms with Gasteiger partial charge in [-0.15, -0.1) is 0 Å². The number of benzene rings is 1. The standard InChI is InChI=1S/C25H33F3N2O/c1-16-21-15-30(9-2-3-17-7-11-31-12-8-17)10-6-18(21)13-23-24(16)20-14-19(25(26,27)28)4-5-22(20)29-23/h4-5,14,16-18,21,29H,2-3,6-13,15H2,1H3/t16-,18-,21-/m0/s1. The average Bonchev–Trinajstić information content (AvgIpc) is 3.12. The Hall–Kier alpha value is -1.53. The molecule has 0 spiro atoms. The van der Waals surface area contributed by atoms with E-state index in [1.165, 1.54) is 44.2 Å². The molecule has 2 aliphatic heterocycles. The van der Waals surface area contributed by atoms with Crippen LogP contribution in [-0.2, 0) is 17.3 Å². The normalized spacial score (nSPS) is 27.9. The molecule has 3 nitrogen and oxygen atoms in total. The van der Waals surface area contributed by atoms with E-state index in [4.69, 9.17) is 4.74 Å². The van der Waals surface area contributed by atoms with Gasteiger partial charge in [0.1, 0.15) is 0 Å². The molecule has 2 fully saturated rings. The van der Waals surface area contributed by atoms with E-state index >= 15 is 0 Å². The fraction of sp³-hybridized carbons (Fsp3) is 0.680. The number of halogens is 3. The summed E-state index contributed by atoms with van der Waals surface area (Å²) in [5, 5.41) is 0.771. The van der Waals surface area contributed by atoms with E-state index in [0.717, 1.165) is 67.3 Å². The first-order valence-corrected chi connectivity index (χ1v) is 11.9. The third-order valence-electron chi connectivity index (χ3n) is 8.13. The first kappa shape index (κ1) is 21.3. The van der Waals surface area contributed by atoms with E-state index in [-0.39, 0.29) is 5.92 Å². The minimum absolute atomic E-state index is 0.282. The van der Waals surface area contributed by atoms with Gasteiger partial charge in [-0.05, 0) is 99.0 Å². The summed E-state index contributed by atoms with van der Waals surface area (Å²) in [6, 6.07) is 4.16. The second-order valence-corrected chi connectivity index (χ2v) is 9.98. The van der Waals surface area contributed by atoms with Gasteiger partial charge in [-0.1, -0.05) is 6.92 Å². The van der Waals surface area contributed by atoms with Gasteiger partial charge in [-0.25, -0.2) is 0 Å². The van der Waals surface area contributed by atoms with Gasteiger partial charge >= 0.3 is 6.18 Å². The lowest BCUT2D eigenvalue weighted by Gasteiger charge is -2.44. The number of hydrogen-bond acceptors (Lipinski definition) is 2. The predicted octanol–water partition coefficient (Wildman–Crippen LogP) is 5.99. The van der Waals surface area contributed by atoms with E-state index in [0.29, 0.717) is 11.8 Å². The number of likely N-dealkylation sites (tertiary alicyclic amines) is 1. The molecule has 1 N–H and O–H groups in total. The number of H-pyrrole nitrogens is 1. The highest BCUT2D eigenvalue weighted by molar-refractivity contribution is 5.86. The van der Waals surface area contributed by atoms with E-state index in [1.807, 2.05) is 0 Å². The molecule has 3 aliphatic rings. The largest absolute Gasteiger partial charge is 0.416 e. The van der Waals surface area contributed by atoms with E-state index in [1.54, 1.807) is 6.07 Å². The van der Waals surface area contributed by atoms with Crippen molar-refractivity contribution in [3.05, 3.63) is 35.0 Å². The first-order chi connectivity index (χ1) is 14.9.